The number of hydrogen-bond donors (Lipinski definition) is 1. The van der Waals surface area contributed by atoms with Gasteiger partial charge in [0.15, 0.2) is 0 Å². The number of hydrogen-bond acceptors (Lipinski definition) is 1. The average molecular weight is 266 g/mol. The minimum atomic E-state index is -0.211. The van der Waals surface area contributed by atoms with E-state index in [9.17, 15) is 4.79 Å². The summed E-state index contributed by atoms with van der Waals surface area (Å²) in [6.45, 7) is 2.07. The van der Waals surface area contributed by atoms with Gasteiger partial charge in [-0.25, -0.2) is 0 Å². The lowest BCUT2D eigenvalue weighted by molar-refractivity contribution is -0.126. The van der Waals surface area contributed by atoms with Crippen LogP contribution >= 0.6 is 11.6 Å². The van der Waals surface area contributed by atoms with Crippen LogP contribution in [0, 0.1) is 5.41 Å². The summed E-state index contributed by atoms with van der Waals surface area (Å²) in [6, 6.07) is 7.73. The van der Waals surface area contributed by atoms with E-state index in [1.165, 1.54) is 6.42 Å². The van der Waals surface area contributed by atoms with Gasteiger partial charge in [-0.1, -0.05) is 44.4 Å². The molecule has 0 radical (unpaired) electrons. The second-order valence-electron chi connectivity index (χ2n) is 5.37. The monoisotopic (exact) mass is 265 g/mol. The molecule has 0 bridgehead atoms. The van der Waals surface area contributed by atoms with Gasteiger partial charge in [0.25, 0.3) is 0 Å². The first-order valence-electron chi connectivity index (χ1n) is 6.61. The molecule has 0 aromatic heterocycles. The lowest BCUT2D eigenvalue weighted by Gasteiger charge is -2.32. The minimum absolute atomic E-state index is 0.139. The molecule has 0 heterocycles. The summed E-state index contributed by atoms with van der Waals surface area (Å²) in [7, 11) is 0. The van der Waals surface area contributed by atoms with Crippen LogP contribution in [0.4, 0.5) is 5.69 Å². The van der Waals surface area contributed by atoms with Crippen LogP contribution in [-0.2, 0) is 10.7 Å². The molecule has 1 aromatic carbocycles. The quantitative estimate of drug-likeness (QED) is 0.810. The van der Waals surface area contributed by atoms with Gasteiger partial charge in [-0.3, -0.25) is 4.79 Å². The lowest BCUT2D eigenvalue weighted by Crippen LogP contribution is -2.35. The number of nitrogens with one attached hydrogen (secondary N) is 1. The van der Waals surface area contributed by atoms with Crippen molar-refractivity contribution < 1.29 is 4.79 Å². The summed E-state index contributed by atoms with van der Waals surface area (Å²) in [4.78, 5) is 12.4. The number of amides is 1. The van der Waals surface area contributed by atoms with Crippen molar-refractivity contribution in [2.24, 2.45) is 5.41 Å². The summed E-state index contributed by atoms with van der Waals surface area (Å²) in [6.07, 6.45) is 5.53. The fraction of sp³-hybridized carbons (Fsp3) is 0.533. The predicted molar refractivity (Wildman–Crippen MR) is 75.8 cm³/mol. The van der Waals surface area contributed by atoms with Crippen molar-refractivity contribution >= 4 is 23.2 Å². The van der Waals surface area contributed by atoms with Crippen LogP contribution in [0.15, 0.2) is 24.3 Å². The Hall–Kier alpha value is -1.02. The number of benzene rings is 1. The Bertz CT molecular complexity index is 424. The van der Waals surface area contributed by atoms with E-state index in [2.05, 4.69) is 12.2 Å². The largest absolute Gasteiger partial charge is 0.325 e. The lowest BCUT2D eigenvalue weighted by atomic mass is 9.75. The molecule has 1 aliphatic carbocycles. The molecule has 1 aliphatic rings. The van der Waals surface area contributed by atoms with Crippen LogP contribution in [0.1, 0.15) is 44.6 Å². The van der Waals surface area contributed by atoms with Crippen molar-refractivity contribution in [3.05, 3.63) is 29.8 Å². The van der Waals surface area contributed by atoms with Crippen molar-refractivity contribution in [3.8, 4) is 0 Å². The van der Waals surface area contributed by atoms with Crippen molar-refractivity contribution in [2.45, 2.75) is 44.9 Å². The number of alkyl halides is 1. The van der Waals surface area contributed by atoms with Gasteiger partial charge in [-0.15, -0.1) is 11.6 Å². The molecule has 3 heteroatoms. The molecule has 0 saturated heterocycles. The van der Waals surface area contributed by atoms with E-state index in [1.807, 2.05) is 24.3 Å². The molecule has 0 unspecified atom stereocenters. The molecule has 18 heavy (non-hydrogen) atoms. The second-order valence-corrected chi connectivity index (χ2v) is 5.63. The van der Waals surface area contributed by atoms with Gasteiger partial charge in [-0.05, 0) is 24.5 Å². The zero-order valence-corrected chi connectivity index (χ0v) is 11.6. The van der Waals surface area contributed by atoms with Crippen LogP contribution in [0.2, 0.25) is 0 Å². The standard InChI is InChI=1S/C15H20ClNO/c1-15(9-5-2-6-10-15)14(18)17-13-8-4-3-7-12(13)11-16/h3-4,7-8H,2,5-6,9-11H2,1H3,(H,17,18). The Morgan fingerprint density at radius 3 is 2.61 bits per heavy atom. The third-order valence-electron chi connectivity index (χ3n) is 3.91. The van der Waals surface area contributed by atoms with Crippen LogP contribution in [0.25, 0.3) is 0 Å². The van der Waals surface area contributed by atoms with Crippen molar-refractivity contribution in [3.63, 3.8) is 0 Å². The SMILES string of the molecule is CC1(C(=O)Nc2ccccc2CCl)CCCCC1. The molecule has 0 aliphatic heterocycles. The number of halogens is 1. The summed E-state index contributed by atoms with van der Waals surface area (Å²) in [5.74, 6) is 0.562. The topological polar surface area (TPSA) is 29.1 Å². The Morgan fingerprint density at radius 2 is 1.94 bits per heavy atom. The second kappa shape index (κ2) is 5.75. The molecule has 1 aromatic rings. The van der Waals surface area contributed by atoms with Gasteiger partial charge in [-0.2, -0.15) is 0 Å². The fourth-order valence-corrected chi connectivity index (χ4v) is 2.82. The molecular formula is C15H20ClNO. The summed E-state index contributed by atoms with van der Waals surface area (Å²) in [5, 5.41) is 3.05. The summed E-state index contributed by atoms with van der Waals surface area (Å²) >= 11 is 5.88. The Balaban J connectivity index is 2.10. The zero-order chi connectivity index (χ0) is 13.0. The summed E-state index contributed by atoms with van der Waals surface area (Å²) < 4.78 is 0. The van der Waals surface area contributed by atoms with Crippen molar-refractivity contribution in [2.75, 3.05) is 5.32 Å². The maximum absolute atomic E-state index is 12.4. The number of carbonyl (C=O) groups excluding carboxylic acids is 1. The van der Waals surface area contributed by atoms with Gasteiger partial charge in [0, 0.05) is 17.0 Å². The van der Waals surface area contributed by atoms with Crippen LogP contribution < -0.4 is 5.32 Å². The van der Waals surface area contributed by atoms with E-state index < -0.39 is 0 Å². The highest BCUT2D eigenvalue weighted by Gasteiger charge is 2.34. The van der Waals surface area contributed by atoms with Crippen molar-refractivity contribution in [1.29, 1.82) is 0 Å². The fourth-order valence-electron chi connectivity index (χ4n) is 2.59. The van der Waals surface area contributed by atoms with Gasteiger partial charge >= 0.3 is 0 Å². The normalized spacial score (nSPS) is 18.3. The maximum atomic E-state index is 12.4. The number of carbonyl (C=O) groups is 1. The number of para-hydroxylation sites is 1. The smallest absolute Gasteiger partial charge is 0.230 e. The molecule has 98 valence electrons. The Morgan fingerprint density at radius 1 is 1.28 bits per heavy atom. The number of rotatable bonds is 3. The van der Waals surface area contributed by atoms with Gasteiger partial charge in [0.05, 0.1) is 0 Å². The molecule has 2 nitrogen and oxygen atoms in total. The van der Waals surface area contributed by atoms with E-state index in [0.717, 1.165) is 36.9 Å². The highest BCUT2D eigenvalue weighted by molar-refractivity contribution is 6.17. The predicted octanol–water partition coefficient (Wildman–Crippen LogP) is 4.33. The van der Waals surface area contributed by atoms with Crippen LogP contribution in [0.3, 0.4) is 0 Å². The average Bonchev–Trinajstić information content (AvgIpc) is 2.40. The van der Waals surface area contributed by atoms with Crippen molar-refractivity contribution in [1.82, 2.24) is 0 Å². The highest BCUT2D eigenvalue weighted by atomic mass is 35.5. The Kier molecular flexibility index (Phi) is 4.28. The van der Waals surface area contributed by atoms with E-state index >= 15 is 0 Å². The van der Waals surface area contributed by atoms with Gasteiger partial charge < -0.3 is 5.32 Å². The molecule has 1 saturated carbocycles. The maximum Gasteiger partial charge on any atom is 0.230 e. The molecule has 1 fully saturated rings. The molecule has 0 spiro atoms. The van der Waals surface area contributed by atoms with E-state index in [4.69, 9.17) is 11.6 Å². The highest BCUT2D eigenvalue weighted by Crippen LogP contribution is 2.37. The molecule has 1 amide bonds. The van der Waals surface area contributed by atoms with Gasteiger partial charge in [0.1, 0.15) is 0 Å². The van der Waals surface area contributed by atoms with Gasteiger partial charge in [0.2, 0.25) is 5.91 Å². The number of anilines is 1. The first-order chi connectivity index (χ1) is 8.65. The molecular weight excluding hydrogens is 246 g/mol. The van der Waals surface area contributed by atoms with Crippen LogP contribution in [-0.4, -0.2) is 5.91 Å². The molecule has 2 rings (SSSR count). The Labute approximate surface area is 114 Å². The first-order valence-corrected chi connectivity index (χ1v) is 7.14. The first kappa shape index (κ1) is 13.4. The minimum Gasteiger partial charge on any atom is -0.325 e. The molecule has 1 N–H and O–H groups in total. The van der Waals surface area contributed by atoms with E-state index in [-0.39, 0.29) is 11.3 Å². The molecule has 0 atom stereocenters. The van der Waals surface area contributed by atoms with E-state index in [0.29, 0.717) is 5.88 Å². The third kappa shape index (κ3) is 2.86. The van der Waals surface area contributed by atoms with Crippen LogP contribution in [0.5, 0.6) is 0 Å². The summed E-state index contributed by atoms with van der Waals surface area (Å²) in [5.41, 5.74) is 1.62. The zero-order valence-electron chi connectivity index (χ0n) is 10.8. The third-order valence-corrected chi connectivity index (χ3v) is 4.20. The van der Waals surface area contributed by atoms with E-state index in [1.54, 1.807) is 0 Å².